The van der Waals surface area contributed by atoms with Crippen LogP contribution in [0.15, 0.2) is 24.3 Å². The highest BCUT2D eigenvalue weighted by Crippen LogP contribution is 2.24. The summed E-state index contributed by atoms with van der Waals surface area (Å²) >= 11 is 0. The Balaban J connectivity index is 2.66. The maximum Gasteiger partial charge on any atom is 0.0635 e. The number of methoxy groups -OCH3 is 1. The highest BCUT2D eigenvalue weighted by atomic mass is 16.5. The SMILES string of the molecule is COCCNc1cccc(C(C)(C)C)c1. The van der Waals surface area contributed by atoms with Crippen molar-refractivity contribution >= 4 is 5.69 Å². The van der Waals surface area contributed by atoms with Crippen LogP contribution in [-0.2, 0) is 10.2 Å². The molecule has 2 nitrogen and oxygen atoms in total. The van der Waals surface area contributed by atoms with Crippen LogP contribution in [0, 0.1) is 0 Å². The minimum absolute atomic E-state index is 0.207. The first-order valence-electron chi connectivity index (χ1n) is 5.37. The third-order valence-electron chi connectivity index (χ3n) is 2.36. The first kappa shape index (κ1) is 12.1. The molecule has 1 aromatic rings. The van der Waals surface area contributed by atoms with Gasteiger partial charge in [0.1, 0.15) is 0 Å². The number of anilines is 1. The van der Waals surface area contributed by atoms with E-state index < -0.39 is 0 Å². The monoisotopic (exact) mass is 207 g/mol. The van der Waals surface area contributed by atoms with Crippen molar-refractivity contribution in [3.8, 4) is 0 Å². The van der Waals surface area contributed by atoms with Gasteiger partial charge in [0.05, 0.1) is 6.61 Å². The molecule has 0 spiro atoms. The zero-order valence-corrected chi connectivity index (χ0v) is 10.1. The van der Waals surface area contributed by atoms with Crippen molar-refractivity contribution in [3.05, 3.63) is 29.8 Å². The van der Waals surface area contributed by atoms with Crippen LogP contribution < -0.4 is 5.32 Å². The lowest BCUT2D eigenvalue weighted by atomic mass is 9.87. The minimum Gasteiger partial charge on any atom is -0.383 e. The van der Waals surface area contributed by atoms with Gasteiger partial charge in [0.2, 0.25) is 0 Å². The molecule has 2 heteroatoms. The van der Waals surface area contributed by atoms with Crippen LogP contribution in [0.4, 0.5) is 5.69 Å². The minimum atomic E-state index is 0.207. The summed E-state index contributed by atoms with van der Waals surface area (Å²) in [6, 6.07) is 8.55. The van der Waals surface area contributed by atoms with Gasteiger partial charge in [0, 0.05) is 19.3 Å². The lowest BCUT2D eigenvalue weighted by molar-refractivity contribution is 0.211. The molecule has 0 aliphatic rings. The highest BCUT2D eigenvalue weighted by molar-refractivity contribution is 5.47. The second-order valence-corrected chi connectivity index (χ2v) is 4.75. The van der Waals surface area contributed by atoms with Crippen molar-refractivity contribution in [1.29, 1.82) is 0 Å². The van der Waals surface area contributed by atoms with E-state index in [2.05, 4.69) is 50.4 Å². The molecule has 0 bridgehead atoms. The van der Waals surface area contributed by atoms with Crippen molar-refractivity contribution in [2.24, 2.45) is 0 Å². The van der Waals surface area contributed by atoms with E-state index in [4.69, 9.17) is 4.74 Å². The molecule has 84 valence electrons. The average Bonchev–Trinajstić information content (AvgIpc) is 2.17. The lowest BCUT2D eigenvalue weighted by Gasteiger charge is -2.20. The van der Waals surface area contributed by atoms with Gasteiger partial charge in [-0.3, -0.25) is 0 Å². The van der Waals surface area contributed by atoms with Gasteiger partial charge in [-0.2, -0.15) is 0 Å². The molecule has 1 aromatic carbocycles. The smallest absolute Gasteiger partial charge is 0.0635 e. The maximum absolute atomic E-state index is 5.00. The number of hydrogen-bond donors (Lipinski definition) is 1. The number of rotatable bonds is 4. The Hall–Kier alpha value is -1.02. The van der Waals surface area contributed by atoms with Crippen molar-refractivity contribution < 1.29 is 4.74 Å². The van der Waals surface area contributed by atoms with E-state index in [0.29, 0.717) is 0 Å². The van der Waals surface area contributed by atoms with Gasteiger partial charge in [0.15, 0.2) is 0 Å². The summed E-state index contributed by atoms with van der Waals surface area (Å²) in [5, 5.41) is 3.33. The summed E-state index contributed by atoms with van der Waals surface area (Å²) in [5.41, 5.74) is 2.73. The van der Waals surface area contributed by atoms with E-state index in [-0.39, 0.29) is 5.41 Å². The van der Waals surface area contributed by atoms with Crippen molar-refractivity contribution in [2.45, 2.75) is 26.2 Å². The molecule has 0 aliphatic heterocycles. The second-order valence-electron chi connectivity index (χ2n) is 4.75. The summed E-state index contributed by atoms with van der Waals surface area (Å²) in [7, 11) is 1.72. The Morgan fingerprint density at radius 1 is 1.27 bits per heavy atom. The van der Waals surface area contributed by atoms with Gasteiger partial charge >= 0.3 is 0 Å². The van der Waals surface area contributed by atoms with E-state index in [1.807, 2.05) is 0 Å². The van der Waals surface area contributed by atoms with Crippen LogP contribution in [0.3, 0.4) is 0 Å². The van der Waals surface area contributed by atoms with Crippen LogP contribution in [0.2, 0.25) is 0 Å². The Bertz CT molecular complexity index is 302. The highest BCUT2D eigenvalue weighted by Gasteiger charge is 2.13. The fraction of sp³-hybridized carbons (Fsp3) is 0.538. The van der Waals surface area contributed by atoms with E-state index in [1.54, 1.807) is 7.11 Å². The lowest BCUT2D eigenvalue weighted by Crippen LogP contribution is -2.12. The summed E-state index contributed by atoms with van der Waals surface area (Å²) < 4.78 is 5.00. The number of hydrogen-bond acceptors (Lipinski definition) is 2. The van der Waals surface area contributed by atoms with Crippen molar-refractivity contribution in [1.82, 2.24) is 0 Å². The van der Waals surface area contributed by atoms with Gasteiger partial charge in [-0.25, -0.2) is 0 Å². The van der Waals surface area contributed by atoms with Crippen LogP contribution in [0.25, 0.3) is 0 Å². The fourth-order valence-electron chi connectivity index (χ4n) is 1.39. The van der Waals surface area contributed by atoms with Gasteiger partial charge < -0.3 is 10.1 Å². The van der Waals surface area contributed by atoms with Gasteiger partial charge in [-0.05, 0) is 23.1 Å². The predicted octanol–water partition coefficient (Wildman–Crippen LogP) is 3.04. The Morgan fingerprint density at radius 2 is 2.00 bits per heavy atom. The summed E-state index contributed by atoms with van der Waals surface area (Å²) in [4.78, 5) is 0. The summed E-state index contributed by atoms with van der Waals surface area (Å²) in [5.74, 6) is 0. The van der Waals surface area contributed by atoms with Gasteiger partial charge in [-0.15, -0.1) is 0 Å². The number of benzene rings is 1. The van der Waals surface area contributed by atoms with Crippen molar-refractivity contribution in [2.75, 3.05) is 25.6 Å². The van der Waals surface area contributed by atoms with E-state index >= 15 is 0 Å². The molecule has 0 atom stereocenters. The molecule has 0 fully saturated rings. The van der Waals surface area contributed by atoms with E-state index in [1.165, 1.54) is 11.3 Å². The Kier molecular flexibility index (Phi) is 4.15. The zero-order valence-electron chi connectivity index (χ0n) is 10.1. The second kappa shape index (κ2) is 5.17. The molecule has 0 amide bonds. The van der Waals surface area contributed by atoms with Crippen LogP contribution in [0.1, 0.15) is 26.3 Å². The fourth-order valence-corrected chi connectivity index (χ4v) is 1.39. The van der Waals surface area contributed by atoms with Crippen molar-refractivity contribution in [3.63, 3.8) is 0 Å². The zero-order chi connectivity index (χ0) is 11.3. The maximum atomic E-state index is 5.00. The molecular weight excluding hydrogens is 186 g/mol. The Labute approximate surface area is 92.6 Å². The molecule has 0 aromatic heterocycles. The van der Waals surface area contributed by atoms with Gasteiger partial charge in [0.25, 0.3) is 0 Å². The first-order chi connectivity index (χ1) is 7.04. The quantitative estimate of drug-likeness (QED) is 0.766. The topological polar surface area (TPSA) is 21.3 Å². The number of nitrogens with one attached hydrogen (secondary N) is 1. The predicted molar refractivity (Wildman–Crippen MR) is 65.5 cm³/mol. The standard InChI is InChI=1S/C13H21NO/c1-13(2,3)11-6-5-7-12(10-11)14-8-9-15-4/h5-7,10,14H,8-9H2,1-4H3. The van der Waals surface area contributed by atoms with Crippen LogP contribution in [-0.4, -0.2) is 20.3 Å². The first-order valence-corrected chi connectivity index (χ1v) is 5.37. The molecule has 0 heterocycles. The van der Waals surface area contributed by atoms with Gasteiger partial charge in [-0.1, -0.05) is 32.9 Å². The molecule has 15 heavy (non-hydrogen) atoms. The molecule has 0 aliphatic carbocycles. The third-order valence-corrected chi connectivity index (χ3v) is 2.36. The summed E-state index contributed by atoms with van der Waals surface area (Å²) in [6.07, 6.45) is 0. The molecule has 0 unspecified atom stereocenters. The molecule has 0 saturated carbocycles. The van der Waals surface area contributed by atoms with Crippen LogP contribution >= 0.6 is 0 Å². The normalized spacial score (nSPS) is 11.5. The number of ether oxygens (including phenoxy) is 1. The largest absolute Gasteiger partial charge is 0.383 e. The molecule has 1 N–H and O–H groups in total. The van der Waals surface area contributed by atoms with E-state index in [0.717, 1.165) is 13.2 Å². The van der Waals surface area contributed by atoms with Crippen LogP contribution in [0.5, 0.6) is 0 Å². The third kappa shape index (κ3) is 3.92. The Morgan fingerprint density at radius 3 is 2.60 bits per heavy atom. The summed E-state index contributed by atoms with van der Waals surface area (Å²) in [6.45, 7) is 8.26. The molecule has 0 saturated heterocycles. The molecular formula is C13H21NO. The van der Waals surface area contributed by atoms with E-state index in [9.17, 15) is 0 Å². The average molecular weight is 207 g/mol. The molecule has 0 radical (unpaired) electrons. The molecule has 1 rings (SSSR count).